The van der Waals surface area contributed by atoms with Gasteiger partial charge < -0.3 is 9.64 Å². The number of benzene rings is 1. The van der Waals surface area contributed by atoms with Crippen molar-refractivity contribution in [3.8, 4) is 5.75 Å². The predicted octanol–water partition coefficient (Wildman–Crippen LogP) is 2.82. The maximum absolute atomic E-state index is 13.5. The van der Waals surface area contributed by atoms with Crippen LogP contribution in [0.4, 0.5) is 10.1 Å². The van der Waals surface area contributed by atoms with Gasteiger partial charge in [0.1, 0.15) is 0 Å². The Bertz CT molecular complexity index is 334. The van der Waals surface area contributed by atoms with Crippen LogP contribution in [0.3, 0.4) is 0 Å². The van der Waals surface area contributed by atoms with Crippen LogP contribution in [-0.2, 0) is 0 Å². The number of nitrogens with zero attached hydrogens (tertiary/aromatic N) is 1. The minimum absolute atomic E-state index is 0.277. The molecule has 0 aromatic heterocycles. The molecule has 1 aliphatic rings. The molecular weight excluding hydrogens is 193 g/mol. The molecule has 15 heavy (non-hydrogen) atoms. The molecule has 0 N–H and O–H groups in total. The molecule has 0 aliphatic carbocycles. The van der Waals surface area contributed by atoms with Crippen LogP contribution in [0.1, 0.15) is 19.3 Å². The molecule has 0 atom stereocenters. The summed E-state index contributed by atoms with van der Waals surface area (Å²) in [5.41, 5.74) is 0.966. The molecule has 0 unspecified atom stereocenters. The lowest BCUT2D eigenvalue weighted by molar-refractivity contribution is 0.386. The smallest absolute Gasteiger partial charge is 0.167 e. The molecule has 0 radical (unpaired) electrons. The van der Waals surface area contributed by atoms with Crippen LogP contribution in [0.25, 0.3) is 0 Å². The van der Waals surface area contributed by atoms with E-state index in [4.69, 9.17) is 4.74 Å². The van der Waals surface area contributed by atoms with Crippen molar-refractivity contribution in [1.82, 2.24) is 0 Å². The number of halogens is 1. The summed E-state index contributed by atoms with van der Waals surface area (Å²) in [7, 11) is 1.49. The van der Waals surface area contributed by atoms with Crippen LogP contribution in [0.2, 0.25) is 0 Å². The number of ether oxygens (including phenoxy) is 1. The second-order valence-electron chi connectivity index (χ2n) is 3.87. The molecule has 0 saturated carbocycles. The Kier molecular flexibility index (Phi) is 3.09. The molecule has 0 bridgehead atoms. The van der Waals surface area contributed by atoms with E-state index in [9.17, 15) is 4.39 Å². The highest BCUT2D eigenvalue weighted by Crippen LogP contribution is 2.25. The van der Waals surface area contributed by atoms with Crippen molar-refractivity contribution in [1.29, 1.82) is 0 Å². The van der Waals surface area contributed by atoms with Crippen LogP contribution in [0, 0.1) is 5.82 Å². The van der Waals surface area contributed by atoms with E-state index in [1.165, 1.54) is 26.4 Å². The molecule has 1 aromatic rings. The van der Waals surface area contributed by atoms with E-state index in [0.717, 1.165) is 18.8 Å². The van der Waals surface area contributed by atoms with Gasteiger partial charge in [-0.1, -0.05) is 0 Å². The third-order valence-electron chi connectivity index (χ3n) is 2.86. The number of hydrogen-bond acceptors (Lipinski definition) is 2. The molecule has 2 nitrogen and oxygen atoms in total. The fourth-order valence-corrected chi connectivity index (χ4v) is 2.00. The van der Waals surface area contributed by atoms with Gasteiger partial charge in [0.2, 0.25) is 0 Å². The summed E-state index contributed by atoms with van der Waals surface area (Å²) < 4.78 is 18.3. The molecule has 3 heteroatoms. The van der Waals surface area contributed by atoms with E-state index in [1.807, 2.05) is 6.07 Å². The summed E-state index contributed by atoms with van der Waals surface area (Å²) in [6, 6.07) is 5.18. The molecular formula is C12H16FNO. The highest BCUT2D eigenvalue weighted by molar-refractivity contribution is 5.50. The largest absolute Gasteiger partial charge is 0.494 e. The van der Waals surface area contributed by atoms with Crippen molar-refractivity contribution in [3.63, 3.8) is 0 Å². The van der Waals surface area contributed by atoms with Gasteiger partial charge in [-0.25, -0.2) is 4.39 Å². The third-order valence-corrected chi connectivity index (χ3v) is 2.86. The number of rotatable bonds is 2. The monoisotopic (exact) mass is 209 g/mol. The van der Waals surface area contributed by atoms with E-state index in [0.29, 0.717) is 5.75 Å². The normalized spacial score (nSPS) is 16.5. The van der Waals surface area contributed by atoms with Gasteiger partial charge in [0.05, 0.1) is 7.11 Å². The first-order valence-corrected chi connectivity index (χ1v) is 5.40. The van der Waals surface area contributed by atoms with Gasteiger partial charge in [-0.05, 0) is 31.4 Å². The van der Waals surface area contributed by atoms with Gasteiger partial charge in [-0.15, -0.1) is 0 Å². The summed E-state index contributed by atoms with van der Waals surface area (Å²) in [6.45, 7) is 2.07. The summed E-state index contributed by atoms with van der Waals surface area (Å²) in [4.78, 5) is 2.23. The van der Waals surface area contributed by atoms with Gasteiger partial charge in [0.25, 0.3) is 0 Å². The summed E-state index contributed by atoms with van der Waals surface area (Å²) in [5.74, 6) is 0.0383. The fraction of sp³-hybridized carbons (Fsp3) is 0.500. The number of methoxy groups -OCH3 is 1. The minimum atomic E-state index is -0.277. The molecule has 82 valence electrons. The molecule has 1 heterocycles. The summed E-state index contributed by atoms with van der Waals surface area (Å²) in [6.07, 6.45) is 3.69. The Morgan fingerprint density at radius 2 is 1.93 bits per heavy atom. The topological polar surface area (TPSA) is 12.5 Å². The van der Waals surface area contributed by atoms with E-state index in [1.54, 1.807) is 12.1 Å². The number of hydrogen-bond donors (Lipinski definition) is 0. The molecule has 0 spiro atoms. The SMILES string of the molecule is COc1ccc(N2CCCCC2)cc1F. The van der Waals surface area contributed by atoms with E-state index < -0.39 is 0 Å². The Balaban J connectivity index is 2.17. The van der Waals surface area contributed by atoms with Gasteiger partial charge in [-0.2, -0.15) is 0 Å². The van der Waals surface area contributed by atoms with E-state index in [-0.39, 0.29) is 5.82 Å². The van der Waals surface area contributed by atoms with Gasteiger partial charge in [0.15, 0.2) is 11.6 Å². The van der Waals surface area contributed by atoms with Crippen LogP contribution in [0.5, 0.6) is 5.75 Å². The molecule has 1 aromatic carbocycles. The maximum Gasteiger partial charge on any atom is 0.167 e. The maximum atomic E-state index is 13.5. The Morgan fingerprint density at radius 1 is 1.20 bits per heavy atom. The van der Waals surface area contributed by atoms with Crippen LogP contribution < -0.4 is 9.64 Å². The first kappa shape index (κ1) is 10.3. The molecule has 1 fully saturated rings. The lowest BCUT2D eigenvalue weighted by atomic mass is 10.1. The average molecular weight is 209 g/mol. The third kappa shape index (κ3) is 2.22. The van der Waals surface area contributed by atoms with Crippen molar-refractivity contribution in [2.24, 2.45) is 0 Å². The molecule has 1 saturated heterocycles. The first-order chi connectivity index (χ1) is 7.31. The number of piperidine rings is 1. The fourth-order valence-electron chi connectivity index (χ4n) is 2.00. The molecule has 0 amide bonds. The summed E-state index contributed by atoms with van der Waals surface area (Å²) >= 11 is 0. The zero-order valence-corrected chi connectivity index (χ0v) is 9.00. The van der Waals surface area contributed by atoms with Gasteiger partial charge in [-0.3, -0.25) is 0 Å². The van der Waals surface area contributed by atoms with E-state index in [2.05, 4.69) is 4.90 Å². The molecule has 1 aliphatic heterocycles. The van der Waals surface area contributed by atoms with Crippen LogP contribution in [0.15, 0.2) is 18.2 Å². The van der Waals surface area contributed by atoms with Crippen LogP contribution in [-0.4, -0.2) is 20.2 Å². The predicted molar refractivity (Wildman–Crippen MR) is 59.0 cm³/mol. The lowest BCUT2D eigenvalue weighted by Gasteiger charge is -2.28. The highest BCUT2D eigenvalue weighted by atomic mass is 19.1. The zero-order chi connectivity index (χ0) is 10.7. The van der Waals surface area contributed by atoms with Gasteiger partial charge in [0, 0.05) is 24.8 Å². The Hall–Kier alpha value is -1.25. The lowest BCUT2D eigenvalue weighted by Crippen LogP contribution is -2.29. The van der Waals surface area contributed by atoms with Crippen molar-refractivity contribution < 1.29 is 9.13 Å². The first-order valence-electron chi connectivity index (χ1n) is 5.40. The van der Waals surface area contributed by atoms with E-state index >= 15 is 0 Å². The van der Waals surface area contributed by atoms with Crippen molar-refractivity contribution in [3.05, 3.63) is 24.0 Å². The van der Waals surface area contributed by atoms with Crippen molar-refractivity contribution >= 4 is 5.69 Å². The average Bonchev–Trinajstić information content (AvgIpc) is 2.30. The summed E-state index contributed by atoms with van der Waals surface area (Å²) in [5, 5.41) is 0. The second-order valence-corrected chi connectivity index (χ2v) is 3.87. The Labute approximate surface area is 89.7 Å². The number of anilines is 1. The quantitative estimate of drug-likeness (QED) is 0.742. The highest BCUT2D eigenvalue weighted by Gasteiger charge is 2.12. The van der Waals surface area contributed by atoms with Crippen LogP contribution >= 0.6 is 0 Å². The standard InChI is InChI=1S/C12H16FNO/c1-15-12-6-5-10(9-11(12)13)14-7-3-2-4-8-14/h5-6,9H,2-4,7-8H2,1H3. The Morgan fingerprint density at radius 3 is 2.53 bits per heavy atom. The second kappa shape index (κ2) is 4.51. The minimum Gasteiger partial charge on any atom is -0.494 e. The van der Waals surface area contributed by atoms with Gasteiger partial charge >= 0.3 is 0 Å². The van der Waals surface area contributed by atoms with Crippen molar-refractivity contribution in [2.45, 2.75) is 19.3 Å². The molecule has 2 rings (SSSR count). The van der Waals surface area contributed by atoms with Crippen molar-refractivity contribution in [2.75, 3.05) is 25.1 Å². The zero-order valence-electron chi connectivity index (χ0n) is 9.00.